The molecule has 0 aliphatic carbocycles. The lowest BCUT2D eigenvalue weighted by Crippen LogP contribution is -2.14. The van der Waals surface area contributed by atoms with Crippen molar-refractivity contribution in [2.75, 3.05) is 0 Å². The molecule has 0 saturated carbocycles. The Hall–Kier alpha value is -2.01. The summed E-state index contributed by atoms with van der Waals surface area (Å²) < 4.78 is 1.45. The molecule has 1 aromatic carbocycles. The minimum absolute atomic E-state index is 0. The predicted molar refractivity (Wildman–Crippen MR) is 77.3 cm³/mol. The highest BCUT2D eigenvalue weighted by atomic mass is 35.5. The lowest BCUT2D eigenvalue weighted by Gasteiger charge is -1.95. The number of halogens is 1. The number of imidazole rings is 1. The van der Waals surface area contributed by atoms with Crippen molar-refractivity contribution in [3.63, 3.8) is 0 Å². The van der Waals surface area contributed by atoms with Gasteiger partial charge in [-0.05, 0) is 18.6 Å². The van der Waals surface area contributed by atoms with E-state index in [1.807, 2.05) is 24.3 Å². The molecule has 0 aliphatic heterocycles. The third-order valence-electron chi connectivity index (χ3n) is 2.88. The molecule has 0 spiro atoms. The first-order valence-electron chi connectivity index (χ1n) is 6.04. The van der Waals surface area contributed by atoms with Crippen molar-refractivity contribution < 1.29 is 0 Å². The number of rotatable bonds is 3. The van der Waals surface area contributed by atoms with Crippen molar-refractivity contribution in [1.82, 2.24) is 19.7 Å². The zero-order valence-electron chi connectivity index (χ0n) is 10.5. The van der Waals surface area contributed by atoms with E-state index in [0.29, 0.717) is 5.95 Å². The van der Waals surface area contributed by atoms with Gasteiger partial charge in [-0.25, -0.2) is 4.98 Å². The second-order valence-electron chi connectivity index (χ2n) is 4.28. The molecular weight excluding hydrogens is 264 g/mol. The molecule has 0 bridgehead atoms. The van der Waals surface area contributed by atoms with Crippen molar-refractivity contribution in [3.05, 3.63) is 46.4 Å². The molecule has 100 valence electrons. The van der Waals surface area contributed by atoms with Gasteiger partial charge in [0.1, 0.15) is 0 Å². The third kappa shape index (κ3) is 2.42. The summed E-state index contributed by atoms with van der Waals surface area (Å²) in [7, 11) is 0. The van der Waals surface area contributed by atoms with Crippen LogP contribution in [0.2, 0.25) is 0 Å². The molecule has 0 amide bonds. The van der Waals surface area contributed by atoms with Crippen molar-refractivity contribution in [2.45, 2.75) is 19.8 Å². The van der Waals surface area contributed by atoms with Crippen molar-refractivity contribution in [1.29, 1.82) is 0 Å². The van der Waals surface area contributed by atoms with Crippen molar-refractivity contribution >= 4 is 23.4 Å². The summed E-state index contributed by atoms with van der Waals surface area (Å²) in [6.07, 6.45) is 1.86. The zero-order valence-corrected chi connectivity index (χ0v) is 11.3. The van der Waals surface area contributed by atoms with Gasteiger partial charge in [-0.3, -0.25) is 9.89 Å². The number of aromatic nitrogens is 4. The second kappa shape index (κ2) is 5.32. The maximum Gasteiger partial charge on any atom is 0.274 e. The molecule has 3 rings (SSSR count). The van der Waals surface area contributed by atoms with Crippen LogP contribution in [0.4, 0.5) is 0 Å². The molecular formula is C13H15ClN4O. The quantitative estimate of drug-likeness (QED) is 0.773. The van der Waals surface area contributed by atoms with Gasteiger partial charge >= 0.3 is 0 Å². The van der Waals surface area contributed by atoms with E-state index < -0.39 is 0 Å². The summed E-state index contributed by atoms with van der Waals surface area (Å²) in [5, 5.41) is 3.07. The number of H-pyrrole nitrogens is 2. The first kappa shape index (κ1) is 13.4. The van der Waals surface area contributed by atoms with Gasteiger partial charge in [-0.15, -0.1) is 12.4 Å². The molecule has 0 unspecified atom stereocenters. The summed E-state index contributed by atoms with van der Waals surface area (Å²) in [6.45, 7) is 2.08. The molecule has 0 saturated heterocycles. The van der Waals surface area contributed by atoms with E-state index in [0.717, 1.165) is 29.6 Å². The molecule has 2 aromatic heterocycles. The Morgan fingerprint density at radius 1 is 1.32 bits per heavy atom. The number of hydrogen-bond donors (Lipinski definition) is 2. The van der Waals surface area contributed by atoms with Gasteiger partial charge in [0, 0.05) is 11.8 Å². The van der Waals surface area contributed by atoms with E-state index in [-0.39, 0.29) is 18.0 Å². The lowest BCUT2D eigenvalue weighted by molar-refractivity contribution is 0.764. The number of nitrogens with one attached hydrogen (secondary N) is 2. The van der Waals surface area contributed by atoms with Crippen LogP contribution in [0, 0.1) is 0 Å². The number of para-hydroxylation sites is 2. The van der Waals surface area contributed by atoms with E-state index in [1.54, 1.807) is 6.07 Å². The highest BCUT2D eigenvalue weighted by Crippen LogP contribution is 2.11. The number of hydrogen-bond acceptors (Lipinski definition) is 2. The highest BCUT2D eigenvalue weighted by molar-refractivity contribution is 5.85. The number of aryl methyl sites for hydroxylation is 1. The fourth-order valence-electron chi connectivity index (χ4n) is 2.04. The second-order valence-corrected chi connectivity index (χ2v) is 4.28. The monoisotopic (exact) mass is 278 g/mol. The molecule has 2 N–H and O–H groups in total. The minimum Gasteiger partial charge on any atom is -0.322 e. The highest BCUT2D eigenvalue weighted by Gasteiger charge is 2.08. The first-order valence-corrected chi connectivity index (χ1v) is 6.04. The Morgan fingerprint density at radius 2 is 2.11 bits per heavy atom. The van der Waals surface area contributed by atoms with Crippen LogP contribution in [0.3, 0.4) is 0 Å². The molecule has 3 aromatic rings. The molecule has 0 aliphatic rings. The number of aromatic amines is 2. The van der Waals surface area contributed by atoms with E-state index in [4.69, 9.17) is 0 Å². The van der Waals surface area contributed by atoms with Gasteiger partial charge < -0.3 is 4.98 Å². The third-order valence-corrected chi connectivity index (χ3v) is 2.88. The van der Waals surface area contributed by atoms with Crippen LogP contribution >= 0.6 is 12.4 Å². The van der Waals surface area contributed by atoms with Crippen LogP contribution in [-0.2, 0) is 6.42 Å². The number of fused-ring (bicyclic) bond motifs is 1. The van der Waals surface area contributed by atoms with Gasteiger partial charge in [0.05, 0.1) is 11.0 Å². The summed E-state index contributed by atoms with van der Waals surface area (Å²) in [5.74, 6) is 0.531. The van der Waals surface area contributed by atoms with Crippen LogP contribution in [0.25, 0.3) is 17.0 Å². The van der Waals surface area contributed by atoms with Gasteiger partial charge in [0.25, 0.3) is 5.56 Å². The van der Waals surface area contributed by atoms with E-state index in [2.05, 4.69) is 22.0 Å². The van der Waals surface area contributed by atoms with Gasteiger partial charge in [-0.2, -0.15) is 4.68 Å². The first-order chi connectivity index (χ1) is 8.78. The van der Waals surface area contributed by atoms with Gasteiger partial charge in [0.2, 0.25) is 5.95 Å². The van der Waals surface area contributed by atoms with Crippen LogP contribution < -0.4 is 5.56 Å². The summed E-state index contributed by atoms with van der Waals surface area (Å²) in [4.78, 5) is 19.4. The van der Waals surface area contributed by atoms with Crippen LogP contribution in [-0.4, -0.2) is 19.7 Å². The fourth-order valence-corrected chi connectivity index (χ4v) is 2.04. The standard InChI is InChI=1S/C13H14N4O.ClH/c1-2-5-9-8-12(18)17(16-9)13-14-10-6-3-4-7-11(10)15-13;/h3-4,6-8,16H,2,5H2,1H3,(H,14,15);1H. The Bertz CT molecular complexity index is 707. The number of benzene rings is 1. The van der Waals surface area contributed by atoms with Gasteiger partial charge in [0.15, 0.2) is 0 Å². The molecule has 2 heterocycles. The molecule has 6 heteroatoms. The summed E-state index contributed by atoms with van der Waals surface area (Å²) >= 11 is 0. The SMILES string of the molecule is CCCc1cc(=O)n(-c2nc3ccccc3[nH]2)[nH]1.Cl. The van der Waals surface area contributed by atoms with Gasteiger partial charge in [-0.1, -0.05) is 25.5 Å². The van der Waals surface area contributed by atoms with Crippen molar-refractivity contribution in [3.8, 4) is 5.95 Å². The lowest BCUT2D eigenvalue weighted by atomic mass is 10.3. The largest absolute Gasteiger partial charge is 0.322 e. The Labute approximate surface area is 116 Å². The molecule has 0 fully saturated rings. The smallest absolute Gasteiger partial charge is 0.274 e. The maximum absolute atomic E-state index is 11.9. The Morgan fingerprint density at radius 3 is 2.84 bits per heavy atom. The minimum atomic E-state index is -0.0856. The fraction of sp³-hybridized carbons (Fsp3) is 0.231. The zero-order chi connectivity index (χ0) is 12.5. The summed E-state index contributed by atoms with van der Waals surface area (Å²) in [5.41, 5.74) is 2.62. The normalized spacial score (nSPS) is 10.6. The van der Waals surface area contributed by atoms with E-state index in [1.165, 1.54) is 4.68 Å². The average Bonchev–Trinajstić information content (AvgIpc) is 2.92. The van der Waals surface area contributed by atoms with Crippen LogP contribution in [0.1, 0.15) is 19.0 Å². The van der Waals surface area contributed by atoms with Crippen molar-refractivity contribution in [2.24, 2.45) is 0 Å². The van der Waals surface area contributed by atoms with Crippen LogP contribution in [0.5, 0.6) is 0 Å². The molecule has 5 nitrogen and oxygen atoms in total. The maximum atomic E-state index is 11.9. The van der Waals surface area contributed by atoms with Crippen LogP contribution in [0.15, 0.2) is 35.1 Å². The molecule has 0 atom stereocenters. The average molecular weight is 279 g/mol. The van der Waals surface area contributed by atoms with E-state index >= 15 is 0 Å². The van der Waals surface area contributed by atoms with E-state index in [9.17, 15) is 4.79 Å². The Kier molecular flexibility index (Phi) is 3.76. The predicted octanol–water partition coefficient (Wildman–Crippen LogP) is 2.42. The Balaban J connectivity index is 0.00000133. The summed E-state index contributed by atoms with van der Waals surface area (Å²) in [6, 6.07) is 9.33. The topological polar surface area (TPSA) is 66.5 Å². The molecule has 19 heavy (non-hydrogen) atoms. The molecule has 0 radical (unpaired) electrons. The number of nitrogens with zero attached hydrogens (tertiary/aromatic N) is 2.